The van der Waals surface area contributed by atoms with Gasteiger partial charge in [0.25, 0.3) is 0 Å². The van der Waals surface area contributed by atoms with E-state index in [1.165, 1.54) is 40.6 Å². The van der Waals surface area contributed by atoms with Gasteiger partial charge in [0.15, 0.2) is 0 Å². The van der Waals surface area contributed by atoms with Crippen molar-refractivity contribution in [2.45, 2.75) is 32.6 Å². The highest BCUT2D eigenvalue weighted by molar-refractivity contribution is 5.85. The van der Waals surface area contributed by atoms with Crippen LogP contribution in [0.5, 0.6) is 0 Å². The fourth-order valence-corrected chi connectivity index (χ4v) is 3.29. The van der Waals surface area contributed by atoms with E-state index in [1.807, 2.05) is 0 Å². The van der Waals surface area contributed by atoms with Crippen LogP contribution in [0.25, 0.3) is 17.0 Å². The van der Waals surface area contributed by atoms with E-state index in [2.05, 4.69) is 85.3 Å². The lowest BCUT2D eigenvalue weighted by Crippen LogP contribution is -1.99. The van der Waals surface area contributed by atoms with Crippen LogP contribution in [0, 0.1) is 0 Å². The molecule has 1 heteroatoms. The predicted molar refractivity (Wildman–Crippen MR) is 101 cm³/mol. The predicted octanol–water partition coefficient (Wildman–Crippen LogP) is 5.78. The van der Waals surface area contributed by atoms with Gasteiger partial charge in [-0.1, -0.05) is 74.0 Å². The number of benzene rings is 2. The molecule has 0 atom stereocenters. The van der Waals surface area contributed by atoms with Crippen LogP contribution >= 0.6 is 0 Å². The van der Waals surface area contributed by atoms with E-state index in [9.17, 15) is 0 Å². The SMILES string of the molecule is CCCCc1c(C/C=C/c2ccccc2)c2ccccc2n1C. The smallest absolute Gasteiger partial charge is 0.0482 e. The quantitative estimate of drug-likeness (QED) is 0.544. The van der Waals surface area contributed by atoms with E-state index in [0.29, 0.717) is 0 Å². The summed E-state index contributed by atoms with van der Waals surface area (Å²) >= 11 is 0. The Bertz CT molecular complexity index is 793. The topological polar surface area (TPSA) is 4.93 Å². The standard InChI is InChI=1S/C22H25N/c1-3-4-16-21-20(15-10-13-18-11-6-5-7-12-18)19-14-8-9-17-22(19)23(21)2/h5-14,17H,3-4,15-16H2,1-2H3/b13-10+. The average Bonchev–Trinajstić information content (AvgIpc) is 2.86. The number of nitrogens with zero attached hydrogens (tertiary/aromatic N) is 1. The highest BCUT2D eigenvalue weighted by Gasteiger charge is 2.12. The first-order valence-electron chi connectivity index (χ1n) is 8.58. The number of unbranched alkanes of at least 4 members (excludes halogenated alkanes) is 1. The molecule has 1 nitrogen and oxygen atoms in total. The number of rotatable bonds is 6. The van der Waals surface area contributed by atoms with Gasteiger partial charge in [-0.3, -0.25) is 0 Å². The second-order valence-electron chi connectivity index (χ2n) is 6.12. The molecule has 0 saturated carbocycles. The van der Waals surface area contributed by atoms with Crippen molar-refractivity contribution >= 4 is 17.0 Å². The fraction of sp³-hybridized carbons (Fsp3) is 0.273. The Morgan fingerprint density at radius 2 is 1.70 bits per heavy atom. The van der Waals surface area contributed by atoms with E-state index >= 15 is 0 Å². The third-order valence-electron chi connectivity index (χ3n) is 4.54. The normalized spacial score (nSPS) is 11.6. The van der Waals surface area contributed by atoms with E-state index in [0.717, 1.165) is 12.8 Å². The zero-order valence-corrected chi connectivity index (χ0v) is 14.1. The maximum absolute atomic E-state index is 2.39. The lowest BCUT2D eigenvalue weighted by molar-refractivity contribution is 0.735. The van der Waals surface area contributed by atoms with Crippen molar-refractivity contribution in [2.24, 2.45) is 7.05 Å². The largest absolute Gasteiger partial charge is 0.347 e. The summed E-state index contributed by atoms with van der Waals surface area (Å²) in [5.74, 6) is 0. The summed E-state index contributed by atoms with van der Waals surface area (Å²) in [6.45, 7) is 2.26. The molecular weight excluding hydrogens is 278 g/mol. The van der Waals surface area contributed by atoms with Gasteiger partial charge in [0.2, 0.25) is 0 Å². The molecule has 1 heterocycles. The van der Waals surface area contributed by atoms with E-state index < -0.39 is 0 Å². The lowest BCUT2D eigenvalue weighted by atomic mass is 10.0. The molecule has 23 heavy (non-hydrogen) atoms. The Hall–Kier alpha value is -2.28. The van der Waals surface area contributed by atoms with Gasteiger partial charge in [0.05, 0.1) is 0 Å². The van der Waals surface area contributed by atoms with Gasteiger partial charge in [-0.15, -0.1) is 0 Å². The molecule has 0 fully saturated rings. The second-order valence-corrected chi connectivity index (χ2v) is 6.12. The monoisotopic (exact) mass is 303 g/mol. The van der Waals surface area contributed by atoms with Gasteiger partial charge < -0.3 is 4.57 Å². The molecule has 0 aliphatic rings. The Labute approximate surface area is 139 Å². The molecule has 0 N–H and O–H groups in total. The second kappa shape index (κ2) is 7.32. The highest BCUT2D eigenvalue weighted by atomic mass is 14.9. The van der Waals surface area contributed by atoms with Gasteiger partial charge in [-0.2, -0.15) is 0 Å². The van der Waals surface area contributed by atoms with Crippen LogP contribution in [-0.4, -0.2) is 4.57 Å². The minimum Gasteiger partial charge on any atom is -0.347 e. The van der Waals surface area contributed by atoms with Gasteiger partial charge >= 0.3 is 0 Å². The summed E-state index contributed by atoms with van der Waals surface area (Å²) in [5, 5.41) is 1.40. The summed E-state index contributed by atoms with van der Waals surface area (Å²) in [6.07, 6.45) is 9.17. The molecule has 3 aromatic rings. The number of fused-ring (bicyclic) bond motifs is 1. The Morgan fingerprint density at radius 3 is 2.48 bits per heavy atom. The van der Waals surface area contributed by atoms with Gasteiger partial charge in [-0.25, -0.2) is 0 Å². The van der Waals surface area contributed by atoms with Crippen LogP contribution in [0.15, 0.2) is 60.7 Å². The lowest BCUT2D eigenvalue weighted by Gasteiger charge is -2.06. The number of hydrogen-bond donors (Lipinski definition) is 0. The zero-order valence-electron chi connectivity index (χ0n) is 14.1. The Morgan fingerprint density at radius 1 is 0.957 bits per heavy atom. The third kappa shape index (κ3) is 3.39. The highest BCUT2D eigenvalue weighted by Crippen LogP contribution is 2.27. The summed E-state index contributed by atoms with van der Waals surface area (Å²) in [5.41, 5.74) is 5.60. The number of allylic oxidation sites excluding steroid dienone is 1. The summed E-state index contributed by atoms with van der Waals surface area (Å²) in [7, 11) is 2.21. The Kier molecular flexibility index (Phi) is 4.97. The minimum absolute atomic E-state index is 0.995. The molecule has 0 bridgehead atoms. The molecule has 0 amide bonds. The first-order chi connectivity index (χ1) is 11.3. The van der Waals surface area contributed by atoms with Crippen molar-refractivity contribution in [3.8, 4) is 0 Å². The maximum atomic E-state index is 2.39. The molecule has 2 aromatic carbocycles. The van der Waals surface area contributed by atoms with Crippen molar-refractivity contribution in [2.75, 3.05) is 0 Å². The van der Waals surface area contributed by atoms with Crippen LogP contribution in [0.3, 0.4) is 0 Å². The van der Waals surface area contributed by atoms with E-state index in [1.54, 1.807) is 0 Å². The molecule has 118 valence electrons. The van der Waals surface area contributed by atoms with Crippen LogP contribution in [0.1, 0.15) is 36.6 Å². The molecule has 1 aromatic heterocycles. The molecule has 0 unspecified atom stereocenters. The van der Waals surface area contributed by atoms with Crippen LogP contribution < -0.4 is 0 Å². The molecular formula is C22H25N. The maximum Gasteiger partial charge on any atom is 0.0482 e. The Balaban J connectivity index is 1.93. The summed E-state index contributed by atoms with van der Waals surface area (Å²) < 4.78 is 2.39. The fourth-order valence-electron chi connectivity index (χ4n) is 3.29. The van der Waals surface area contributed by atoms with Crippen molar-refractivity contribution < 1.29 is 0 Å². The van der Waals surface area contributed by atoms with Gasteiger partial charge in [-0.05, 0) is 36.5 Å². The van der Waals surface area contributed by atoms with Crippen molar-refractivity contribution in [3.05, 3.63) is 77.5 Å². The number of aryl methyl sites for hydroxylation is 1. The summed E-state index contributed by atoms with van der Waals surface area (Å²) in [6, 6.07) is 19.3. The van der Waals surface area contributed by atoms with Crippen LogP contribution in [0.4, 0.5) is 0 Å². The molecule has 0 saturated heterocycles. The van der Waals surface area contributed by atoms with Crippen molar-refractivity contribution in [1.29, 1.82) is 0 Å². The number of para-hydroxylation sites is 1. The summed E-state index contributed by atoms with van der Waals surface area (Å²) in [4.78, 5) is 0. The van der Waals surface area contributed by atoms with Crippen molar-refractivity contribution in [1.82, 2.24) is 4.57 Å². The molecule has 0 aliphatic carbocycles. The van der Waals surface area contributed by atoms with Crippen LogP contribution in [0.2, 0.25) is 0 Å². The van der Waals surface area contributed by atoms with Gasteiger partial charge in [0, 0.05) is 23.6 Å². The van der Waals surface area contributed by atoms with E-state index in [-0.39, 0.29) is 0 Å². The van der Waals surface area contributed by atoms with E-state index in [4.69, 9.17) is 0 Å². The molecule has 0 spiro atoms. The van der Waals surface area contributed by atoms with Crippen LogP contribution in [-0.2, 0) is 19.9 Å². The molecule has 0 radical (unpaired) electrons. The number of aromatic nitrogens is 1. The first-order valence-corrected chi connectivity index (χ1v) is 8.58. The molecule has 0 aliphatic heterocycles. The van der Waals surface area contributed by atoms with Gasteiger partial charge in [0.1, 0.15) is 0 Å². The average molecular weight is 303 g/mol. The first kappa shape index (κ1) is 15.6. The van der Waals surface area contributed by atoms with Crippen molar-refractivity contribution in [3.63, 3.8) is 0 Å². The zero-order chi connectivity index (χ0) is 16.1. The number of hydrogen-bond acceptors (Lipinski definition) is 0. The third-order valence-corrected chi connectivity index (χ3v) is 4.54. The molecule has 3 rings (SSSR count). The minimum atomic E-state index is 0.995.